The average Bonchev–Trinajstić information content (AvgIpc) is 2.08. The third kappa shape index (κ3) is 2.75. The van der Waals surface area contributed by atoms with E-state index in [-0.39, 0.29) is 17.1 Å². The van der Waals surface area contributed by atoms with Gasteiger partial charge in [0.05, 0.1) is 0 Å². The zero-order valence-corrected chi connectivity index (χ0v) is 10.4. The van der Waals surface area contributed by atoms with E-state index in [2.05, 4.69) is 0 Å². The molecule has 0 aliphatic rings. The highest BCUT2D eigenvalue weighted by Crippen LogP contribution is 2.36. The van der Waals surface area contributed by atoms with Gasteiger partial charge < -0.3 is 9.84 Å². The molecule has 1 N–H and O–H groups in total. The molecule has 0 aromatic heterocycles. The Kier molecular flexibility index (Phi) is 3.27. The van der Waals surface area contributed by atoms with E-state index in [9.17, 15) is 9.90 Å². The summed E-state index contributed by atoms with van der Waals surface area (Å²) >= 11 is 0. The van der Waals surface area contributed by atoms with Crippen LogP contribution < -0.4 is 4.74 Å². The van der Waals surface area contributed by atoms with Crippen LogP contribution in [0.25, 0.3) is 0 Å². The molecule has 0 heterocycles. The van der Waals surface area contributed by atoms with Gasteiger partial charge in [-0.15, -0.1) is 0 Å². The Labute approximate surface area is 96.1 Å². The summed E-state index contributed by atoms with van der Waals surface area (Å²) in [5.74, 6) is 0.390. The van der Waals surface area contributed by atoms with Gasteiger partial charge in [-0.2, -0.15) is 0 Å². The average molecular weight is 222 g/mol. The van der Waals surface area contributed by atoms with Crippen molar-refractivity contribution in [2.75, 3.05) is 0 Å². The second-order valence-corrected chi connectivity index (χ2v) is 4.98. The Bertz CT molecular complexity index is 414. The molecule has 16 heavy (non-hydrogen) atoms. The van der Waals surface area contributed by atoms with Crippen molar-refractivity contribution < 1.29 is 14.6 Å². The first kappa shape index (κ1) is 12.6. The minimum absolute atomic E-state index is 0.189. The van der Waals surface area contributed by atoms with Crippen LogP contribution >= 0.6 is 0 Å². The minimum atomic E-state index is -0.357. The predicted octanol–water partition coefficient (Wildman–Crippen LogP) is 2.92. The number of phenolic OH excluding ortho intramolecular Hbond substituents is 1. The molecule has 0 bridgehead atoms. The maximum absolute atomic E-state index is 10.9. The van der Waals surface area contributed by atoms with Crippen molar-refractivity contribution in [3.63, 3.8) is 0 Å². The van der Waals surface area contributed by atoms with Crippen molar-refractivity contribution in [1.82, 2.24) is 0 Å². The monoisotopic (exact) mass is 222 g/mol. The van der Waals surface area contributed by atoms with E-state index in [1.54, 1.807) is 19.1 Å². The van der Waals surface area contributed by atoms with Crippen LogP contribution in [0.4, 0.5) is 0 Å². The Hall–Kier alpha value is -1.51. The second kappa shape index (κ2) is 4.16. The van der Waals surface area contributed by atoms with Gasteiger partial charge in [-0.05, 0) is 30.0 Å². The number of phenols is 1. The molecule has 0 spiro atoms. The van der Waals surface area contributed by atoms with Crippen LogP contribution in [0.1, 0.15) is 38.8 Å². The number of carbonyl (C=O) groups excluding carboxylic acids is 1. The summed E-state index contributed by atoms with van der Waals surface area (Å²) in [6.45, 7) is 9.15. The number of hydrogen-bond donors (Lipinski definition) is 1. The molecule has 0 fully saturated rings. The van der Waals surface area contributed by atoms with Crippen LogP contribution in [0.2, 0.25) is 0 Å². The van der Waals surface area contributed by atoms with Crippen LogP contribution in [-0.2, 0) is 10.2 Å². The topological polar surface area (TPSA) is 46.5 Å². The van der Waals surface area contributed by atoms with Crippen LogP contribution in [-0.4, -0.2) is 11.1 Å². The minimum Gasteiger partial charge on any atom is -0.507 e. The lowest BCUT2D eigenvalue weighted by Crippen LogP contribution is -2.13. The van der Waals surface area contributed by atoms with Gasteiger partial charge in [0.2, 0.25) is 0 Å². The lowest BCUT2D eigenvalue weighted by Gasteiger charge is -2.22. The molecule has 0 radical (unpaired) electrons. The molecule has 0 aliphatic carbocycles. The molecular weight excluding hydrogens is 204 g/mol. The smallest absolute Gasteiger partial charge is 0.308 e. The number of aryl methyl sites for hydroxylation is 1. The Morgan fingerprint density at radius 2 is 1.88 bits per heavy atom. The van der Waals surface area contributed by atoms with Crippen LogP contribution in [0.5, 0.6) is 11.5 Å². The van der Waals surface area contributed by atoms with E-state index in [1.165, 1.54) is 6.92 Å². The van der Waals surface area contributed by atoms with E-state index in [0.717, 1.165) is 5.56 Å². The van der Waals surface area contributed by atoms with Gasteiger partial charge in [-0.1, -0.05) is 20.8 Å². The largest absolute Gasteiger partial charge is 0.507 e. The lowest BCUT2D eigenvalue weighted by molar-refractivity contribution is -0.131. The molecule has 0 saturated heterocycles. The van der Waals surface area contributed by atoms with Crippen molar-refractivity contribution in [1.29, 1.82) is 0 Å². The highest BCUT2D eigenvalue weighted by molar-refractivity contribution is 5.69. The third-order valence-electron chi connectivity index (χ3n) is 2.34. The summed E-state index contributed by atoms with van der Waals surface area (Å²) in [4.78, 5) is 10.9. The molecule has 1 aromatic rings. The van der Waals surface area contributed by atoms with E-state index in [0.29, 0.717) is 11.3 Å². The van der Waals surface area contributed by atoms with Crippen LogP contribution in [0.15, 0.2) is 12.1 Å². The van der Waals surface area contributed by atoms with Crippen molar-refractivity contribution >= 4 is 5.97 Å². The number of ether oxygens (including phenoxy) is 1. The summed E-state index contributed by atoms with van der Waals surface area (Å²) in [7, 11) is 0. The zero-order chi connectivity index (χ0) is 12.5. The van der Waals surface area contributed by atoms with Gasteiger partial charge in [0.1, 0.15) is 11.5 Å². The van der Waals surface area contributed by atoms with Crippen LogP contribution in [0, 0.1) is 6.92 Å². The van der Waals surface area contributed by atoms with E-state index < -0.39 is 0 Å². The van der Waals surface area contributed by atoms with Crippen molar-refractivity contribution in [3.05, 3.63) is 23.3 Å². The van der Waals surface area contributed by atoms with Gasteiger partial charge in [-0.25, -0.2) is 0 Å². The van der Waals surface area contributed by atoms with Crippen molar-refractivity contribution in [3.8, 4) is 11.5 Å². The second-order valence-electron chi connectivity index (χ2n) is 4.98. The molecule has 0 atom stereocenters. The molecule has 0 aliphatic heterocycles. The number of carbonyl (C=O) groups is 1. The quantitative estimate of drug-likeness (QED) is 0.587. The zero-order valence-electron chi connectivity index (χ0n) is 10.4. The Morgan fingerprint density at radius 3 is 2.31 bits per heavy atom. The third-order valence-corrected chi connectivity index (χ3v) is 2.34. The number of hydrogen-bond acceptors (Lipinski definition) is 3. The number of benzene rings is 1. The Morgan fingerprint density at radius 1 is 1.31 bits per heavy atom. The fraction of sp³-hybridized carbons (Fsp3) is 0.462. The first-order valence-electron chi connectivity index (χ1n) is 5.24. The van der Waals surface area contributed by atoms with Crippen molar-refractivity contribution in [2.45, 2.75) is 40.0 Å². The normalized spacial score (nSPS) is 11.3. The maximum atomic E-state index is 10.9. The summed E-state index contributed by atoms with van der Waals surface area (Å²) < 4.78 is 5.04. The van der Waals surface area contributed by atoms with Gasteiger partial charge in [0, 0.05) is 12.5 Å². The maximum Gasteiger partial charge on any atom is 0.308 e. The highest BCUT2D eigenvalue weighted by Gasteiger charge is 2.20. The highest BCUT2D eigenvalue weighted by atomic mass is 16.5. The summed E-state index contributed by atoms with van der Waals surface area (Å²) in [5, 5.41) is 9.95. The Balaban J connectivity index is 3.28. The van der Waals surface area contributed by atoms with Gasteiger partial charge in [0.15, 0.2) is 0 Å². The standard InChI is InChI=1S/C13H18O3/c1-8-6-10(16-9(2)14)7-11(12(8)15)13(3,4)5/h6-7,15H,1-5H3. The molecule has 1 aromatic carbocycles. The fourth-order valence-corrected chi connectivity index (χ4v) is 1.54. The number of aromatic hydroxyl groups is 1. The summed E-state index contributed by atoms with van der Waals surface area (Å²) in [6.07, 6.45) is 0. The van der Waals surface area contributed by atoms with E-state index in [1.807, 2.05) is 20.8 Å². The summed E-state index contributed by atoms with van der Waals surface area (Å²) in [5.41, 5.74) is 1.30. The summed E-state index contributed by atoms with van der Waals surface area (Å²) in [6, 6.07) is 3.37. The molecule has 88 valence electrons. The SMILES string of the molecule is CC(=O)Oc1cc(C)c(O)c(C(C)(C)C)c1. The molecular formula is C13H18O3. The number of rotatable bonds is 1. The van der Waals surface area contributed by atoms with E-state index in [4.69, 9.17) is 4.74 Å². The van der Waals surface area contributed by atoms with Gasteiger partial charge >= 0.3 is 5.97 Å². The number of esters is 1. The van der Waals surface area contributed by atoms with Crippen LogP contribution in [0.3, 0.4) is 0 Å². The van der Waals surface area contributed by atoms with E-state index >= 15 is 0 Å². The molecule has 3 heteroatoms. The molecule has 0 amide bonds. The molecule has 0 saturated carbocycles. The van der Waals surface area contributed by atoms with Gasteiger partial charge in [-0.3, -0.25) is 4.79 Å². The molecule has 0 unspecified atom stereocenters. The first-order chi connectivity index (χ1) is 7.21. The van der Waals surface area contributed by atoms with Gasteiger partial charge in [0.25, 0.3) is 0 Å². The lowest BCUT2D eigenvalue weighted by atomic mass is 9.85. The van der Waals surface area contributed by atoms with Crippen molar-refractivity contribution in [2.24, 2.45) is 0 Å². The fourth-order valence-electron chi connectivity index (χ4n) is 1.54. The first-order valence-corrected chi connectivity index (χ1v) is 5.24. The molecule has 3 nitrogen and oxygen atoms in total. The predicted molar refractivity (Wildman–Crippen MR) is 62.9 cm³/mol. The molecule has 1 rings (SSSR count).